The lowest BCUT2D eigenvalue weighted by Crippen LogP contribution is -2.04. The molecule has 0 radical (unpaired) electrons. The van der Waals surface area contributed by atoms with Gasteiger partial charge in [0.15, 0.2) is 0 Å². The molecule has 3 heteroatoms. The Hall–Kier alpha value is -1.48. The van der Waals surface area contributed by atoms with E-state index in [1.54, 1.807) is 7.11 Å². The molecule has 0 amide bonds. The van der Waals surface area contributed by atoms with E-state index < -0.39 is 0 Å². The second-order valence-electron chi connectivity index (χ2n) is 5.00. The van der Waals surface area contributed by atoms with E-state index in [1.807, 2.05) is 6.07 Å². The Morgan fingerprint density at radius 3 is 2.78 bits per heavy atom. The molecular weight excluding hydrogens is 226 g/mol. The van der Waals surface area contributed by atoms with Gasteiger partial charge in [-0.15, -0.1) is 0 Å². The number of fused-ring (bicyclic) bond motifs is 3. The summed E-state index contributed by atoms with van der Waals surface area (Å²) in [5, 5.41) is 10.6. The van der Waals surface area contributed by atoms with Crippen LogP contribution in [0.4, 0.5) is 0 Å². The number of aliphatic hydroxyl groups excluding tert-OH is 1. The van der Waals surface area contributed by atoms with E-state index in [0.717, 1.165) is 24.2 Å². The molecule has 0 spiro atoms. The lowest BCUT2D eigenvalue weighted by Gasteiger charge is -2.14. The highest BCUT2D eigenvalue weighted by Gasteiger charge is 2.22. The molecule has 1 aromatic carbocycles. The first-order chi connectivity index (χ1) is 8.77. The third-order valence-electron chi connectivity index (χ3n) is 4.10. The Kier molecular flexibility index (Phi) is 2.78. The topological polar surface area (TPSA) is 34.4 Å². The first kappa shape index (κ1) is 11.6. The van der Waals surface area contributed by atoms with E-state index in [2.05, 4.69) is 17.7 Å². The quantitative estimate of drug-likeness (QED) is 0.882. The minimum absolute atomic E-state index is 0.0305. The van der Waals surface area contributed by atoms with Crippen LogP contribution in [0.2, 0.25) is 0 Å². The highest BCUT2D eigenvalue weighted by atomic mass is 16.5. The number of hydrogen-bond donors (Lipinski definition) is 1. The first-order valence-corrected chi connectivity index (χ1v) is 6.54. The van der Waals surface area contributed by atoms with Crippen LogP contribution >= 0.6 is 0 Å². The van der Waals surface area contributed by atoms with Crippen molar-refractivity contribution in [3.8, 4) is 5.75 Å². The van der Waals surface area contributed by atoms with Gasteiger partial charge in [0.2, 0.25) is 0 Å². The largest absolute Gasteiger partial charge is 0.496 e. The van der Waals surface area contributed by atoms with Gasteiger partial charge in [0.05, 0.1) is 19.2 Å². The summed E-state index contributed by atoms with van der Waals surface area (Å²) >= 11 is 0. The van der Waals surface area contributed by atoms with Gasteiger partial charge in [-0.25, -0.2) is 0 Å². The molecule has 0 unspecified atom stereocenters. The van der Waals surface area contributed by atoms with Crippen LogP contribution in [0.5, 0.6) is 5.75 Å². The van der Waals surface area contributed by atoms with Crippen LogP contribution < -0.4 is 4.74 Å². The van der Waals surface area contributed by atoms with Crippen molar-refractivity contribution in [2.45, 2.75) is 32.3 Å². The van der Waals surface area contributed by atoms with Crippen molar-refractivity contribution in [2.24, 2.45) is 7.05 Å². The summed E-state index contributed by atoms with van der Waals surface area (Å²) in [5.74, 6) is 0.855. The van der Waals surface area contributed by atoms with Crippen LogP contribution in [-0.4, -0.2) is 16.8 Å². The van der Waals surface area contributed by atoms with Gasteiger partial charge in [0.25, 0.3) is 0 Å². The van der Waals surface area contributed by atoms with Crippen molar-refractivity contribution in [3.63, 3.8) is 0 Å². The minimum atomic E-state index is 0.0305. The Balaban J connectivity index is 2.39. The maximum absolute atomic E-state index is 9.43. The Labute approximate surface area is 107 Å². The number of hydrogen-bond acceptors (Lipinski definition) is 2. The molecule has 18 heavy (non-hydrogen) atoms. The number of rotatable bonds is 2. The number of ether oxygens (including phenoxy) is 1. The molecule has 0 saturated heterocycles. The average molecular weight is 245 g/mol. The van der Waals surface area contributed by atoms with Crippen LogP contribution in [0.15, 0.2) is 12.1 Å². The summed E-state index contributed by atoms with van der Waals surface area (Å²) < 4.78 is 7.84. The van der Waals surface area contributed by atoms with Crippen LogP contribution in [0.25, 0.3) is 10.9 Å². The second kappa shape index (κ2) is 4.32. The fraction of sp³-hybridized carbons (Fsp3) is 0.467. The molecular formula is C15H19NO2. The molecule has 0 fully saturated rings. The Morgan fingerprint density at radius 2 is 2.06 bits per heavy atom. The highest BCUT2D eigenvalue weighted by molar-refractivity contribution is 5.92. The summed E-state index contributed by atoms with van der Waals surface area (Å²) in [6.45, 7) is 0.0305. The summed E-state index contributed by atoms with van der Waals surface area (Å²) in [6.07, 6.45) is 4.79. The van der Waals surface area contributed by atoms with Gasteiger partial charge in [0, 0.05) is 23.7 Å². The lowest BCUT2D eigenvalue weighted by molar-refractivity contribution is 0.274. The fourth-order valence-electron chi connectivity index (χ4n) is 3.22. The van der Waals surface area contributed by atoms with Gasteiger partial charge in [-0.3, -0.25) is 0 Å². The van der Waals surface area contributed by atoms with Crippen molar-refractivity contribution >= 4 is 10.9 Å². The van der Waals surface area contributed by atoms with Crippen molar-refractivity contribution in [1.82, 2.24) is 4.57 Å². The molecule has 0 aliphatic heterocycles. The van der Waals surface area contributed by atoms with E-state index in [-0.39, 0.29) is 6.61 Å². The van der Waals surface area contributed by atoms with Gasteiger partial charge < -0.3 is 14.4 Å². The van der Waals surface area contributed by atoms with E-state index >= 15 is 0 Å². The third kappa shape index (κ3) is 1.47. The average Bonchev–Trinajstić information content (AvgIpc) is 2.72. The monoisotopic (exact) mass is 245 g/mol. The molecule has 0 saturated carbocycles. The zero-order valence-corrected chi connectivity index (χ0v) is 11.0. The zero-order chi connectivity index (χ0) is 12.7. The number of nitrogens with zero attached hydrogens (tertiary/aromatic N) is 1. The zero-order valence-electron chi connectivity index (χ0n) is 11.0. The van der Waals surface area contributed by atoms with E-state index in [9.17, 15) is 5.11 Å². The van der Waals surface area contributed by atoms with Crippen LogP contribution in [-0.2, 0) is 26.5 Å². The van der Waals surface area contributed by atoms with E-state index in [4.69, 9.17) is 4.74 Å². The van der Waals surface area contributed by atoms with Crippen molar-refractivity contribution in [3.05, 3.63) is 29.0 Å². The fourth-order valence-corrected chi connectivity index (χ4v) is 3.22. The predicted octanol–water partition coefficient (Wildman–Crippen LogP) is 2.56. The molecule has 1 heterocycles. The highest BCUT2D eigenvalue weighted by Crippen LogP contribution is 2.38. The van der Waals surface area contributed by atoms with Gasteiger partial charge in [-0.2, -0.15) is 0 Å². The maximum atomic E-state index is 9.43. The Morgan fingerprint density at radius 1 is 1.28 bits per heavy atom. The lowest BCUT2D eigenvalue weighted by atomic mass is 9.94. The van der Waals surface area contributed by atoms with E-state index in [0.29, 0.717) is 0 Å². The molecule has 3 rings (SSSR count). The van der Waals surface area contributed by atoms with Crippen molar-refractivity contribution in [2.75, 3.05) is 7.11 Å². The van der Waals surface area contributed by atoms with Crippen molar-refractivity contribution < 1.29 is 9.84 Å². The molecule has 1 aliphatic carbocycles. The van der Waals surface area contributed by atoms with Gasteiger partial charge >= 0.3 is 0 Å². The standard InChI is InChI=1S/C15H19NO2/c1-16-12-6-4-3-5-11(12)14-13(16)8-7-10(9-17)15(14)18-2/h7-8,17H,3-6,9H2,1-2H3. The summed E-state index contributed by atoms with van der Waals surface area (Å²) in [4.78, 5) is 0. The smallest absolute Gasteiger partial charge is 0.134 e. The number of aryl methyl sites for hydroxylation is 2. The molecule has 3 nitrogen and oxygen atoms in total. The molecule has 96 valence electrons. The number of aliphatic hydroxyl groups is 1. The summed E-state index contributed by atoms with van der Waals surface area (Å²) in [6, 6.07) is 4.06. The van der Waals surface area contributed by atoms with Gasteiger partial charge in [-0.1, -0.05) is 6.07 Å². The predicted molar refractivity (Wildman–Crippen MR) is 72.0 cm³/mol. The van der Waals surface area contributed by atoms with Crippen LogP contribution in [0.1, 0.15) is 29.7 Å². The SMILES string of the molecule is COc1c(CO)ccc2c1c1c(n2C)CCCC1. The summed E-state index contributed by atoms with van der Waals surface area (Å²) in [5.41, 5.74) is 4.95. The normalized spacial score (nSPS) is 14.8. The molecule has 1 N–H and O–H groups in total. The minimum Gasteiger partial charge on any atom is -0.496 e. The van der Waals surface area contributed by atoms with Gasteiger partial charge in [0.1, 0.15) is 5.75 Å². The first-order valence-electron chi connectivity index (χ1n) is 6.54. The second-order valence-corrected chi connectivity index (χ2v) is 5.00. The van der Waals surface area contributed by atoms with E-state index in [1.165, 1.54) is 35.0 Å². The third-order valence-corrected chi connectivity index (χ3v) is 4.10. The molecule has 1 aromatic heterocycles. The van der Waals surface area contributed by atoms with Crippen LogP contribution in [0.3, 0.4) is 0 Å². The molecule has 0 bridgehead atoms. The molecule has 2 aromatic rings. The van der Waals surface area contributed by atoms with Gasteiger partial charge in [-0.05, 0) is 37.3 Å². The van der Waals surface area contributed by atoms with Crippen LogP contribution in [0, 0.1) is 0 Å². The molecule has 1 aliphatic rings. The summed E-state index contributed by atoms with van der Waals surface area (Å²) in [7, 11) is 3.82. The maximum Gasteiger partial charge on any atom is 0.134 e. The molecule has 0 atom stereocenters. The Bertz CT molecular complexity index is 598. The van der Waals surface area contributed by atoms with Crippen molar-refractivity contribution in [1.29, 1.82) is 0 Å². The number of methoxy groups -OCH3 is 1. The number of aromatic nitrogens is 1. The number of benzene rings is 1.